The lowest BCUT2D eigenvalue weighted by molar-refractivity contribution is 0.0342. The van der Waals surface area contributed by atoms with Crippen LogP contribution in [0.4, 0.5) is 10.1 Å². The van der Waals surface area contributed by atoms with Crippen molar-refractivity contribution in [2.75, 3.05) is 64.4 Å². The summed E-state index contributed by atoms with van der Waals surface area (Å²) in [6.45, 7) is 8.55. The van der Waals surface area contributed by atoms with E-state index < -0.39 is 0 Å². The summed E-state index contributed by atoms with van der Waals surface area (Å²) in [6.07, 6.45) is 0. The summed E-state index contributed by atoms with van der Waals surface area (Å²) >= 11 is 0. The van der Waals surface area contributed by atoms with Crippen molar-refractivity contribution < 1.29 is 9.13 Å². The Morgan fingerprint density at radius 1 is 0.935 bits per heavy atom. The van der Waals surface area contributed by atoms with Crippen LogP contribution in [0.15, 0.2) is 53.5 Å². The van der Waals surface area contributed by atoms with E-state index in [0.29, 0.717) is 5.69 Å². The molecule has 0 saturated carbocycles. The number of anilines is 1. The molecule has 166 valence electrons. The zero-order chi connectivity index (χ0) is 21.5. The van der Waals surface area contributed by atoms with Gasteiger partial charge in [0.25, 0.3) is 0 Å². The van der Waals surface area contributed by atoms with Gasteiger partial charge in [0, 0.05) is 59.4 Å². The highest BCUT2D eigenvalue weighted by molar-refractivity contribution is 5.80. The first-order valence-electron chi connectivity index (χ1n) is 11.1. The van der Waals surface area contributed by atoms with Crippen molar-refractivity contribution in [1.29, 1.82) is 0 Å². The van der Waals surface area contributed by atoms with E-state index in [0.717, 1.165) is 71.5 Å². The molecule has 7 heteroatoms. The van der Waals surface area contributed by atoms with E-state index in [9.17, 15) is 4.39 Å². The molecule has 2 saturated heterocycles. The molecule has 2 fully saturated rings. The highest BCUT2D eigenvalue weighted by Crippen LogP contribution is 2.20. The van der Waals surface area contributed by atoms with Crippen LogP contribution in [0.25, 0.3) is 0 Å². The van der Waals surface area contributed by atoms with Crippen molar-refractivity contribution in [2.45, 2.75) is 13.1 Å². The molecule has 0 aromatic heterocycles. The van der Waals surface area contributed by atoms with Crippen LogP contribution < -0.4 is 10.2 Å². The van der Waals surface area contributed by atoms with Gasteiger partial charge in [-0.1, -0.05) is 36.4 Å². The van der Waals surface area contributed by atoms with Crippen molar-refractivity contribution >= 4 is 11.6 Å². The van der Waals surface area contributed by atoms with E-state index in [-0.39, 0.29) is 5.82 Å². The number of piperazine rings is 1. The summed E-state index contributed by atoms with van der Waals surface area (Å²) in [5.74, 6) is 0.737. The molecule has 2 heterocycles. The number of para-hydroxylation sites is 1. The summed E-state index contributed by atoms with van der Waals surface area (Å²) in [7, 11) is 1.82. The normalized spacial score (nSPS) is 18.3. The number of nitrogens with zero attached hydrogens (tertiary/aromatic N) is 4. The quantitative estimate of drug-likeness (QED) is 0.589. The molecule has 2 aromatic carbocycles. The van der Waals surface area contributed by atoms with Crippen molar-refractivity contribution in [3.63, 3.8) is 0 Å². The summed E-state index contributed by atoms with van der Waals surface area (Å²) in [5, 5.41) is 3.48. The van der Waals surface area contributed by atoms with Gasteiger partial charge in [0.1, 0.15) is 5.82 Å². The van der Waals surface area contributed by atoms with E-state index in [1.165, 1.54) is 17.2 Å². The first-order chi connectivity index (χ1) is 15.2. The number of aliphatic imine (C=N–C) groups is 1. The van der Waals surface area contributed by atoms with Crippen molar-refractivity contribution in [3.05, 3.63) is 65.5 Å². The first-order valence-corrected chi connectivity index (χ1v) is 11.1. The van der Waals surface area contributed by atoms with Crippen LogP contribution in [0.2, 0.25) is 0 Å². The fourth-order valence-electron chi connectivity index (χ4n) is 4.16. The number of halogens is 1. The fraction of sp³-hybridized carbons (Fsp3) is 0.458. The second-order valence-electron chi connectivity index (χ2n) is 8.03. The number of benzene rings is 2. The van der Waals surface area contributed by atoms with Gasteiger partial charge in [-0.05, 0) is 23.3 Å². The molecule has 0 unspecified atom stereocenters. The van der Waals surface area contributed by atoms with Gasteiger partial charge in [0.05, 0.1) is 18.9 Å². The number of rotatable bonds is 5. The Morgan fingerprint density at radius 3 is 2.29 bits per heavy atom. The maximum absolute atomic E-state index is 14.1. The zero-order valence-corrected chi connectivity index (χ0v) is 18.3. The van der Waals surface area contributed by atoms with E-state index in [1.807, 2.05) is 19.2 Å². The van der Waals surface area contributed by atoms with Gasteiger partial charge in [0.2, 0.25) is 0 Å². The molecule has 0 bridgehead atoms. The lowest BCUT2D eigenvalue weighted by Crippen LogP contribution is -2.52. The molecule has 0 amide bonds. The minimum Gasteiger partial charge on any atom is -0.379 e. The molecular formula is C24H32FN5O. The number of ether oxygens (including phenoxy) is 1. The maximum Gasteiger partial charge on any atom is 0.194 e. The highest BCUT2D eigenvalue weighted by Gasteiger charge is 2.21. The summed E-state index contributed by atoms with van der Waals surface area (Å²) in [6, 6.07) is 15.8. The molecule has 0 spiro atoms. The first kappa shape index (κ1) is 21.6. The highest BCUT2D eigenvalue weighted by atomic mass is 19.1. The third-order valence-corrected chi connectivity index (χ3v) is 5.97. The lowest BCUT2D eigenvalue weighted by atomic mass is 10.1. The molecule has 6 nitrogen and oxygen atoms in total. The van der Waals surface area contributed by atoms with E-state index in [4.69, 9.17) is 4.74 Å². The molecular weight excluding hydrogens is 393 g/mol. The Balaban J connectivity index is 1.25. The zero-order valence-electron chi connectivity index (χ0n) is 18.3. The minimum atomic E-state index is -0.157. The monoisotopic (exact) mass is 425 g/mol. The fourth-order valence-corrected chi connectivity index (χ4v) is 4.16. The van der Waals surface area contributed by atoms with Crippen LogP contribution in [-0.2, 0) is 17.8 Å². The third-order valence-electron chi connectivity index (χ3n) is 5.97. The predicted octanol–water partition coefficient (Wildman–Crippen LogP) is 2.56. The Bertz CT molecular complexity index is 859. The molecule has 0 aliphatic carbocycles. The van der Waals surface area contributed by atoms with Gasteiger partial charge >= 0.3 is 0 Å². The van der Waals surface area contributed by atoms with Gasteiger partial charge in [-0.25, -0.2) is 4.39 Å². The second-order valence-corrected chi connectivity index (χ2v) is 8.03. The Kier molecular flexibility index (Phi) is 7.38. The molecule has 2 aliphatic rings. The van der Waals surface area contributed by atoms with Crippen LogP contribution in [0, 0.1) is 5.82 Å². The van der Waals surface area contributed by atoms with Gasteiger partial charge < -0.3 is 19.9 Å². The van der Waals surface area contributed by atoms with Gasteiger partial charge in [-0.2, -0.15) is 0 Å². The predicted molar refractivity (Wildman–Crippen MR) is 123 cm³/mol. The minimum absolute atomic E-state index is 0.157. The number of hydrogen-bond donors (Lipinski definition) is 1. The topological polar surface area (TPSA) is 43.3 Å². The van der Waals surface area contributed by atoms with Crippen LogP contribution in [-0.4, -0.2) is 75.3 Å². The van der Waals surface area contributed by atoms with E-state index in [2.05, 4.69) is 49.3 Å². The van der Waals surface area contributed by atoms with Gasteiger partial charge in [-0.15, -0.1) is 0 Å². The lowest BCUT2D eigenvalue weighted by Gasteiger charge is -2.37. The SMILES string of the molecule is CN=C(NCc1ccc(CN2CCOCC2)cc1)N1CCN(c2ccccc2F)CC1. The van der Waals surface area contributed by atoms with Crippen LogP contribution in [0.3, 0.4) is 0 Å². The Morgan fingerprint density at radius 2 is 1.61 bits per heavy atom. The van der Waals surface area contributed by atoms with Crippen LogP contribution >= 0.6 is 0 Å². The summed E-state index contributed by atoms with van der Waals surface area (Å²) in [4.78, 5) is 11.2. The summed E-state index contributed by atoms with van der Waals surface area (Å²) in [5.41, 5.74) is 3.25. The van der Waals surface area contributed by atoms with Crippen LogP contribution in [0.5, 0.6) is 0 Å². The Labute approximate surface area is 184 Å². The molecule has 0 radical (unpaired) electrons. The second kappa shape index (κ2) is 10.6. The van der Waals surface area contributed by atoms with Gasteiger partial charge in [0.15, 0.2) is 5.96 Å². The molecule has 1 N–H and O–H groups in total. The van der Waals surface area contributed by atoms with E-state index >= 15 is 0 Å². The third kappa shape index (κ3) is 5.74. The Hall–Kier alpha value is -2.64. The average Bonchev–Trinajstić information content (AvgIpc) is 2.82. The molecule has 4 rings (SSSR count). The molecule has 31 heavy (non-hydrogen) atoms. The van der Waals surface area contributed by atoms with Crippen molar-refractivity contribution in [3.8, 4) is 0 Å². The number of morpholine rings is 1. The maximum atomic E-state index is 14.1. The molecule has 0 atom stereocenters. The number of nitrogens with one attached hydrogen (secondary N) is 1. The number of guanidine groups is 1. The van der Waals surface area contributed by atoms with E-state index in [1.54, 1.807) is 6.07 Å². The largest absolute Gasteiger partial charge is 0.379 e. The molecule has 2 aromatic rings. The van der Waals surface area contributed by atoms with Crippen LogP contribution in [0.1, 0.15) is 11.1 Å². The smallest absolute Gasteiger partial charge is 0.194 e. The summed E-state index contributed by atoms with van der Waals surface area (Å²) < 4.78 is 19.5. The van der Waals surface area contributed by atoms with Crippen molar-refractivity contribution in [1.82, 2.24) is 15.1 Å². The standard InChI is InChI=1S/C24H32FN5O/c1-26-24(30-12-10-29(11-13-30)23-5-3-2-4-22(23)25)27-18-20-6-8-21(9-7-20)19-28-14-16-31-17-15-28/h2-9H,10-19H2,1H3,(H,26,27). The van der Waals surface area contributed by atoms with Crippen molar-refractivity contribution in [2.24, 2.45) is 4.99 Å². The average molecular weight is 426 g/mol. The number of hydrogen-bond acceptors (Lipinski definition) is 4. The molecule has 2 aliphatic heterocycles. The van der Waals surface area contributed by atoms with Gasteiger partial charge in [-0.3, -0.25) is 9.89 Å².